The number of carbonyl (C=O) groups is 1. The highest BCUT2D eigenvalue weighted by Gasteiger charge is 2.54. The molecule has 2 aromatic rings. The molecule has 2 unspecified atom stereocenters. The summed E-state index contributed by atoms with van der Waals surface area (Å²) in [5.74, 6) is -1.07. The van der Waals surface area contributed by atoms with Crippen molar-refractivity contribution in [3.8, 4) is 11.3 Å². The van der Waals surface area contributed by atoms with Gasteiger partial charge in [-0.1, -0.05) is 24.3 Å². The van der Waals surface area contributed by atoms with E-state index in [-0.39, 0.29) is 13.0 Å². The van der Waals surface area contributed by atoms with Crippen LogP contribution in [0, 0.1) is 12.3 Å². The van der Waals surface area contributed by atoms with Gasteiger partial charge in [-0.05, 0) is 38.8 Å². The second kappa shape index (κ2) is 7.51. The lowest BCUT2D eigenvalue weighted by Gasteiger charge is -2.40. The monoisotopic (exact) mass is 367 g/mol. The smallest absolute Gasteiger partial charge is 0.267 e. The molecular formula is C18H23F2N3O3. The van der Waals surface area contributed by atoms with Crippen LogP contribution in [0.3, 0.4) is 0 Å². The van der Waals surface area contributed by atoms with Gasteiger partial charge in [-0.25, -0.2) is 14.3 Å². The zero-order chi connectivity index (χ0) is 19.5. The van der Waals surface area contributed by atoms with E-state index in [1.54, 1.807) is 12.3 Å². The van der Waals surface area contributed by atoms with Crippen LogP contribution < -0.4 is 5.48 Å². The van der Waals surface area contributed by atoms with E-state index in [2.05, 4.69) is 5.10 Å². The lowest BCUT2D eigenvalue weighted by atomic mass is 9.71. The van der Waals surface area contributed by atoms with Crippen molar-refractivity contribution in [1.82, 2.24) is 15.3 Å². The number of hydroxylamine groups is 1. The summed E-state index contributed by atoms with van der Waals surface area (Å²) in [5.41, 5.74) is -0.442. The maximum atomic E-state index is 13.3. The summed E-state index contributed by atoms with van der Waals surface area (Å²) in [6.07, 6.45) is -1.63. The molecule has 1 aromatic heterocycles. The molecule has 0 radical (unpaired) electrons. The summed E-state index contributed by atoms with van der Waals surface area (Å²) in [4.78, 5) is 12.0. The summed E-state index contributed by atoms with van der Waals surface area (Å²) in [6.45, 7) is 4.14. The number of nitrogens with zero attached hydrogens (tertiary/aromatic N) is 2. The molecule has 3 N–H and O–H groups in total. The van der Waals surface area contributed by atoms with E-state index in [9.17, 15) is 18.7 Å². The second-order valence-electron chi connectivity index (χ2n) is 6.75. The van der Waals surface area contributed by atoms with Crippen molar-refractivity contribution in [3.63, 3.8) is 0 Å². The number of hydrogen-bond donors (Lipinski definition) is 3. The maximum Gasteiger partial charge on any atom is 0.267 e. The van der Waals surface area contributed by atoms with Crippen molar-refractivity contribution < 1.29 is 23.9 Å². The molecule has 0 fully saturated rings. The summed E-state index contributed by atoms with van der Waals surface area (Å²) < 4.78 is 28.1. The summed E-state index contributed by atoms with van der Waals surface area (Å²) in [7, 11) is 0. The molecule has 0 aliphatic carbocycles. The van der Waals surface area contributed by atoms with Crippen LogP contribution in [0.4, 0.5) is 8.78 Å². The van der Waals surface area contributed by atoms with E-state index in [1.807, 2.05) is 31.2 Å². The number of halogens is 2. The van der Waals surface area contributed by atoms with Crippen LogP contribution in [0.5, 0.6) is 0 Å². The Balaban J connectivity index is 2.23. The van der Waals surface area contributed by atoms with E-state index < -0.39 is 23.3 Å². The first kappa shape index (κ1) is 20.0. The molecule has 0 saturated carbocycles. The Hall–Kier alpha value is -2.32. The number of hydrogen-bond acceptors (Lipinski definition) is 4. The molecule has 0 aliphatic rings. The molecule has 0 aliphatic heterocycles. The molecule has 0 saturated heterocycles. The minimum Gasteiger partial charge on any atom is -0.383 e. The molecule has 1 aromatic carbocycles. The number of nitrogens with one attached hydrogen (secondary N) is 1. The van der Waals surface area contributed by atoms with Gasteiger partial charge in [-0.2, -0.15) is 5.10 Å². The van der Waals surface area contributed by atoms with E-state index in [0.29, 0.717) is 0 Å². The topological polar surface area (TPSA) is 87.4 Å². The molecule has 142 valence electrons. The largest absolute Gasteiger partial charge is 0.383 e. The molecule has 26 heavy (non-hydrogen) atoms. The quantitative estimate of drug-likeness (QED) is 0.519. The fraction of sp³-hybridized carbons (Fsp3) is 0.444. The Labute approximate surface area is 150 Å². The van der Waals surface area contributed by atoms with Crippen LogP contribution in [0.25, 0.3) is 11.3 Å². The van der Waals surface area contributed by atoms with Crippen LogP contribution in [-0.4, -0.2) is 38.0 Å². The number of benzene rings is 1. The van der Waals surface area contributed by atoms with Crippen molar-refractivity contribution in [2.24, 2.45) is 5.41 Å². The van der Waals surface area contributed by atoms with Gasteiger partial charge in [0.25, 0.3) is 12.3 Å². The predicted octanol–water partition coefficient (Wildman–Crippen LogP) is 2.78. The lowest BCUT2D eigenvalue weighted by molar-refractivity contribution is -0.183. The third kappa shape index (κ3) is 3.61. The van der Waals surface area contributed by atoms with Gasteiger partial charge in [0.15, 0.2) is 0 Å². The molecule has 6 nitrogen and oxygen atoms in total. The summed E-state index contributed by atoms with van der Waals surface area (Å²) in [5, 5.41) is 23.5. The Morgan fingerprint density at radius 3 is 2.54 bits per heavy atom. The summed E-state index contributed by atoms with van der Waals surface area (Å²) in [6, 6.07) is 9.48. The van der Waals surface area contributed by atoms with Gasteiger partial charge in [0.05, 0.1) is 11.1 Å². The fourth-order valence-electron chi connectivity index (χ4n) is 2.79. The highest BCUT2D eigenvalue weighted by Crippen LogP contribution is 2.39. The van der Waals surface area contributed by atoms with Crippen LogP contribution in [-0.2, 0) is 11.3 Å². The molecule has 2 atom stereocenters. The zero-order valence-electron chi connectivity index (χ0n) is 14.9. The second-order valence-corrected chi connectivity index (χ2v) is 6.75. The van der Waals surface area contributed by atoms with Crippen LogP contribution in [0.1, 0.15) is 25.8 Å². The number of alkyl halides is 2. The highest BCUT2D eigenvalue weighted by atomic mass is 19.3. The van der Waals surface area contributed by atoms with Crippen molar-refractivity contribution in [1.29, 1.82) is 0 Å². The SMILES string of the molecule is Cc1ccccc1-c1ccn(CCC(C)(C(=O)NO)C(C)(O)C(F)F)n1. The van der Waals surface area contributed by atoms with Crippen LogP contribution in [0.15, 0.2) is 36.5 Å². The Kier molecular flexibility index (Phi) is 5.77. The van der Waals surface area contributed by atoms with Crippen molar-refractivity contribution in [2.45, 2.75) is 45.8 Å². The van der Waals surface area contributed by atoms with E-state index in [4.69, 9.17) is 5.21 Å². The number of aromatic nitrogens is 2. The molecule has 2 rings (SSSR count). The van der Waals surface area contributed by atoms with Gasteiger partial charge in [0.2, 0.25) is 0 Å². The van der Waals surface area contributed by atoms with E-state index in [1.165, 1.54) is 17.1 Å². The Morgan fingerprint density at radius 2 is 1.96 bits per heavy atom. The van der Waals surface area contributed by atoms with Crippen molar-refractivity contribution in [3.05, 3.63) is 42.1 Å². The van der Waals surface area contributed by atoms with Gasteiger partial charge in [0.1, 0.15) is 5.60 Å². The molecule has 8 heteroatoms. The number of aliphatic hydroxyl groups is 1. The van der Waals surface area contributed by atoms with Gasteiger partial charge in [0, 0.05) is 18.3 Å². The first-order chi connectivity index (χ1) is 12.1. The van der Waals surface area contributed by atoms with Crippen molar-refractivity contribution in [2.75, 3.05) is 0 Å². The van der Waals surface area contributed by atoms with Gasteiger partial charge >= 0.3 is 0 Å². The number of rotatable bonds is 7. The molecule has 1 heterocycles. The van der Waals surface area contributed by atoms with E-state index in [0.717, 1.165) is 23.7 Å². The van der Waals surface area contributed by atoms with Gasteiger partial charge < -0.3 is 5.11 Å². The molecule has 0 spiro atoms. The van der Waals surface area contributed by atoms with Gasteiger partial charge in [-0.3, -0.25) is 14.7 Å². The number of carbonyl (C=O) groups excluding carboxylic acids is 1. The first-order valence-corrected chi connectivity index (χ1v) is 8.18. The highest BCUT2D eigenvalue weighted by molar-refractivity contribution is 5.82. The molecule has 0 bridgehead atoms. The average Bonchev–Trinajstić information content (AvgIpc) is 3.07. The summed E-state index contributed by atoms with van der Waals surface area (Å²) >= 11 is 0. The fourth-order valence-corrected chi connectivity index (χ4v) is 2.79. The average molecular weight is 367 g/mol. The third-order valence-electron chi connectivity index (χ3n) is 5.05. The normalized spacial score (nSPS) is 16.2. The van der Waals surface area contributed by atoms with Gasteiger partial charge in [-0.15, -0.1) is 0 Å². The van der Waals surface area contributed by atoms with Crippen LogP contribution in [0.2, 0.25) is 0 Å². The van der Waals surface area contributed by atoms with Crippen LogP contribution >= 0.6 is 0 Å². The standard InChI is InChI=1S/C18H23F2N3O3/c1-12-6-4-5-7-13(12)14-8-10-23(21-14)11-9-17(2,16(24)22-26)18(3,25)15(19)20/h4-8,10,15,25-26H,9,11H2,1-3H3,(H,22,24). The number of amides is 1. The third-order valence-corrected chi connectivity index (χ3v) is 5.05. The Morgan fingerprint density at radius 1 is 1.31 bits per heavy atom. The predicted molar refractivity (Wildman–Crippen MR) is 91.7 cm³/mol. The first-order valence-electron chi connectivity index (χ1n) is 8.18. The van der Waals surface area contributed by atoms with E-state index >= 15 is 0 Å². The maximum absolute atomic E-state index is 13.3. The zero-order valence-corrected chi connectivity index (χ0v) is 14.9. The molecule has 1 amide bonds. The minimum atomic E-state index is -3.16. The Bertz CT molecular complexity index is 777. The molecular weight excluding hydrogens is 344 g/mol. The lowest BCUT2D eigenvalue weighted by Crippen LogP contribution is -2.57. The minimum absolute atomic E-state index is 0.110. The van der Waals surface area contributed by atoms with Crippen molar-refractivity contribution >= 4 is 5.91 Å². The number of aryl methyl sites for hydroxylation is 2.